The molecule has 120 valence electrons. The predicted molar refractivity (Wildman–Crippen MR) is 92.1 cm³/mol. The quantitative estimate of drug-likeness (QED) is 0.613. The second-order valence-corrected chi connectivity index (χ2v) is 8.15. The van der Waals surface area contributed by atoms with Crippen molar-refractivity contribution >= 4 is 17.7 Å². The van der Waals surface area contributed by atoms with E-state index in [1.54, 1.807) is 0 Å². The van der Waals surface area contributed by atoms with Crippen molar-refractivity contribution in [2.24, 2.45) is 16.8 Å². The van der Waals surface area contributed by atoms with Crippen LogP contribution in [-0.4, -0.2) is 61.1 Å². The van der Waals surface area contributed by atoms with E-state index in [4.69, 9.17) is 0 Å². The van der Waals surface area contributed by atoms with E-state index in [2.05, 4.69) is 39.2 Å². The van der Waals surface area contributed by atoms with Crippen molar-refractivity contribution < 1.29 is 0 Å². The van der Waals surface area contributed by atoms with Crippen LogP contribution in [0.3, 0.4) is 0 Å². The Balaban J connectivity index is 1.43. The van der Waals surface area contributed by atoms with E-state index in [-0.39, 0.29) is 0 Å². The fourth-order valence-corrected chi connectivity index (χ4v) is 4.70. The minimum atomic E-state index is 0.554. The third-order valence-corrected chi connectivity index (χ3v) is 6.20. The molecule has 4 nitrogen and oxygen atoms in total. The molecule has 1 saturated carbocycles. The lowest BCUT2D eigenvalue weighted by Crippen LogP contribution is -2.47. The van der Waals surface area contributed by atoms with Crippen molar-refractivity contribution in [3.05, 3.63) is 0 Å². The number of thioether (sulfide) groups is 1. The van der Waals surface area contributed by atoms with Gasteiger partial charge in [0.2, 0.25) is 0 Å². The molecule has 2 atom stereocenters. The van der Waals surface area contributed by atoms with Gasteiger partial charge in [0.05, 0.1) is 0 Å². The van der Waals surface area contributed by atoms with Crippen LogP contribution in [0.2, 0.25) is 0 Å². The number of nitrogens with one attached hydrogen (secondary N) is 2. The lowest BCUT2D eigenvalue weighted by molar-refractivity contribution is 0.315. The molecule has 3 fully saturated rings. The first-order chi connectivity index (χ1) is 10.3. The maximum absolute atomic E-state index is 4.43. The second kappa shape index (κ2) is 7.23. The summed E-state index contributed by atoms with van der Waals surface area (Å²) in [6.07, 6.45) is 5.52. The van der Waals surface area contributed by atoms with Gasteiger partial charge in [0.15, 0.2) is 5.96 Å². The molecule has 2 aliphatic heterocycles. The third kappa shape index (κ3) is 4.28. The number of nitrogens with zero attached hydrogens (tertiary/aromatic N) is 2. The van der Waals surface area contributed by atoms with E-state index in [1.807, 2.05) is 7.05 Å². The Morgan fingerprint density at radius 2 is 1.95 bits per heavy atom. The predicted octanol–water partition coefficient (Wildman–Crippen LogP) is 1.78. The highest BCUT2D eigenvalue weighted by atomic mass is 32.2. The number of guanidine groups is 1. The molecule has 5 heteroatoms. The molecule has 0 radical (unpaired) electrons. The van der Waals surface area contributed by atoms with Gasteiger partial charge in [0, 0.05) is 38.8 Å². The Labute approximate surface area is 133 Å². The standard InChI is InChI=1S/C16H30N4S/c1-12-10-20(14-3-4-14)11-15(12)19-16(17-2)18-9-13-5-7-21-8-6-13/h12-15H,3-11H2,1-2H3,(H2,17,18,19). The van der Waals surface area contributed by atoms with Crippen LogP contribution in [0.15, 0.2) is 4.99 Å². The molecule has 1 aliphatic carbocycles. The van der Waals surface area contributed by atoms with E-state index in [9.17, 15) is 0 Å². The fraction of sp³-hybridized carbons (Fsp3) is 0.938. The fourth-order valence-electron chi connectivity index (χ4n) is 3.49. The van der Waals surface area contributed by atoms with Crippen molar-refractivity contribution in [2.45, 2.75) is 44.7 Å². The van der Waals surface area contributed by atoms with E-state index >= 15 is 0 Å². The van der Waals surface area contributed by atoms with Gasteiger partial charge in [0.25, 0.3) is 0 Å². The molecule has 2 N–H and O–H groups in total. The lowest BCUT2D eigenvalue weighted by Gasteiger charge is -2.25. The highest BCUT2D eigenvalue weighted by Crippen LogP contribution is 2.31. The van der Waals surface area contributed by atoms with Gasteiger partial charge in [-0.15, -0.1) is 0 Å². The molecule has 0 spiro atoms. The van der Waals surface area contributed by atoms with Crippen LogP contribution in [0.5, 0.6) is 0 Å². The number of aliphatic imine (C=N–C) groups is 1. The van der Waals surface area contributed by atoms with Crippen molar-refractivity contribution in [2.75, 3.05) is 38.2 Å². The largest absolute Gasteiger partial charge is 0.356 e. The van der Waals surface area contributed by atoms with Crippen LogP contribution >= 0.6 is 11.8 Å². The summed E-state index contributed by atoms with van der Waals surface area (Å²) >= 11 is 2.09. The van der Waals surface area contributed by atoms with Gasteiger partial charge >= 0.3 is 0 Å². The smallest absolute Gasteiger partial charge is 0.191 e. The van der Waals surface area contributed by atoms with E-state index in [0.29, 0.717) is 6.04 Å². The maximum atomic E-state index is 4.43. The van der Waals surface area contributed by atoms with Crippen LogP contribution in [0.4, 0.5) is 0 Å². The Morgan fingerprint density at radius 1 is 1.19 bits per heavy atom. The van der Waals surface area contributed by atoms with Gasteiger partial charge in [-0.1, -0.05) is 6.92 Å². The summed E-state index contributed by atoms with van der Waals surface area (Å²) < 4.78 is 0. The molecule has 2 heterocycles. The topological polar surface area (TPSA) is 39.7 Å². The third-order valence-electron chi connectivity index (χ3n) is 5.15. The molecule has 2 saturated heterocycles. The van der Waals surface area contributed by atoms with Crippen LogP contribution in [0.1, 0.15) is 32.6 Å². The van der Waals surface area contributed by atoms with Gasteiger partial charge in [-0.2, -0.15) is 11.8 Å². The first-order valence-corrected chi connectivity index (χ1v) is 9.70. The van der Waals surface area contributed by atoms with E-state index in [0.717, 1.165) is 30.4 Å². The molecule has 0 bridgehead atoms. The van der Waals surface area contributed by atoms with Gasteiger partial charge in [-0.25, -0.2) is 0 Å². The minimum absolute atomic E-state index is 0.554. The monoisotopic (exact) mass is 310 g/mol. The number of hydrogen-bond acceptors (Lipinski definition) is 3. The van der Waals surface area contributed by atoms with Gasteiger partial charge in [-0.05, 0) is 49.0 Å². The molecule has 3 aliphatic rings. The summed E-state index contributed by atoms with van der Waals surface area (Å²) in [4.78, 5) is 7.09. The van der Waals surface area contributed by atoms with Gasteiger partial charge in [0.1, 0.15) is 0 Å². The molecule has 2 unspecified atom stereocenters. The van der Waals surface area contributed by atoms with Crippen LogP contribution in [0, 0.1) is 11.8 Å². The Morgan fingerprint density at radius 3 is 2.62 bits per heavy atom. The molecule has 0 aromatic heterocycles. The zero-order valence-electron chi connectivity index (χ0n) is 13.5. The highest BCUT2D eigenvalue weighted by molar-refractivity contribution is 7.99. The Hall–Kier alpha value is -0.420. The zero-order valence-corrected chi connectivity index (χ0v) is 14.3. The molecular formula is C16H30N4S. The zero-order chi connectivity index (χ0) is 14.7. The average Bonchev–Trinajstić information content (AvgIpc) is 3.29. The average molecular weight is 311 g/mol. The van der Waals surface area contributed by atoms with Crippen LogP contribution < -0.4 is 10.6 Å². The molecule has 21 heavy (non-hydrogen) atoms. The summed E-state index contributed by atoms with van der Waals surface area (Å²) in [7, 11) is 1.89. The molecule has 0 aromatic rings. The molecule has 0 aromatic carbocycles. The summed E-state index contributed by atoms with van der Waals surface area (Å²) in [5.41, 5.74) is 0. The summed E-state index contributed by atoms with van der Waals surface area (Å²) in [5.74, 6) is 5.20. The van der Waals surface area contributed by atoms with Crippen molar-refractivity contribution in [1.82, 2.24) is 15.5 Å². The lowest BCUT2D eigenvalue weighted by atomic mass is 10.0. The minimum Gasteiger partial charge on any atom is -0.356 e. The van der Waals surface area contributed by atoms with Crippen LogP contribution in [-0.2, 0) is 0 Å². The van der Waals surface area contributed by atoms with E-state index in [1.165, 1.54) is 50.3 Å². The number of rotatable bonds is 4. The Kier molecular flexibility index (Phi) is 5.33. The summed E-state index contributed by atoms with van der Waals surface area (Å²) in [6.45, 7) is 5.88. The summed E-state index contributed by atoms with van der Waals surface area (Å²) in [5, 5.41) is 7.22. The van der Waals surface area contributed by atoms with Crippen molar-refractivity contribution in [1.29, 1.82) is 0 Å². The first kappa shape index (κ1) is 15.5. The van der Waals surface area contributed by atoms with Gasteiger partial charge in [-0.3, -0.25) is 9.89 Å². The SMILES string of the molecule is CN=C(NCC1CCSCC1)NC1CN(C2CC2)CC1C. The van der Waals surface area contributed by atoms with Gasteiger partial charge < -0.3 is 10.6 Å². The number of hydrogen-bond donors (Lipinski definition) is 2. The van der Waals surface area contributed by atoms with Crippen molar-refractivity contribution in [3.8, 4) is 0 Å². The molecule has 0 amide bonds. The summed E-state index contributed by atoms with van der Waals surface area (Å²) in [6, 6.07) is 1.44. The van der Waals surface area contributed by atoms with Crippen LogP contribution in [0.25, 0.3) is 0 Å². The maximum Gasteiger partial charge on any atom is 0.191 e. The second-order valence-electron chi connectivity index (χ2n) is 6.92. The normalized spacial score (nSPS) is 32.4. The number of likely N-dealkylation sites (tertiary alicyclic amines) is 1. The highest BCUT2D eigenvalue weighted by Gasteiger charge is 2.38. The first-order valence-electron chi connectivity index (χ1n) is 8.55. The molecule has 3 rings (SSSR count). The molecular weight excluding hydrogens is 280 g/mol. The Bertz CT molecular complexity index is 363. The van der Waals surface area contributed by atoms with Crippen molar-refractivity contribution in [3.63, 3.8) is 0 Å². The van der Waals surface area contributed by atoms with E-state index < -0.39 is 0 Å².